The largest absolute Gasteiger partial charge is 0.422 e. The third-order valence-electron chi connectivity index (χ3n) is 2.77. The van der Waals surface area contributed by atoms with Crippen LogP contribution >= 0.6 is 9.24 Å². The van der Waals surface area contributed by atoms with Crippen molar-refractivity contribution in [2.75, 3.05) is 0 Å². The van der Waals surface area contributed by atoms with Gasteiger partial charge in [-0.1, -0.05) is 24.3 Å². The molecule has 1 nitrogen and oxygen atoms in total. The van der Waals surface area contributed by atoms with Gasteiger partial charge in [0.25, 0.3) is 0 Å². The molecule has 1 aliphatic heterocycles. The van der Waals surface area contributed by atoms with Gasteiger partial charge in [0.2, 0.25) is 5.54 Å². The average Bonchev–Trinajstić information content (AvgIpc) is 2.95. The number of allylic oxidation sites excluding steroid dienone is 1. The third-order valence-corrected chi connectivity index (χ3v) is 3.25. The van der Waals surface area contributed by atoms with Crippen molar-refractivity contribution in [1.29, 1.82) is 0 Å². The number of hydrogen-bond donors (Lipinski definition) is 0. The minimum Gasteiger partial charge on any atom is -0.267 e. The minimum absolute atomic E-state index is 0.153. The van der Waals surface area contributed by atoms with Crippen LogP contribution in [0.5, 0.6) is 0 Å². The molecule has 2 rings (SSSR count). The van der Waals surface area contributed by atoms with E-state index in [0.29, 0.717) is 5.30 Å². The van der Waals surface area contributed by atoms with E-state index in [9.17, 15) is 13.2 Å². The van der Waals surface area contributed by atoms with Crippen molar-refractivity contribution < 1.29 is 13.2 Å². The van der Waals surface area contributed by atoms with Crippen molar-refractivity contribution in [3.63, 3.8) is 0 Å². The third kappa shape index (κ3) is 1.91. The number of halogens is 3. The smallest absolute Gasteiger partial charge is 0.267 e. The van der Waals surface area contributed by atoms with E-state index in [-0.39, 0.29) is 5.56 Å². The minimum atomic E-state index is -4.37. The molecule has 17 heavy (non-hydrogen) atoms. The number of alkyl halides is 3. The van der Waals surface area contributed by atoms with Crippen molar-refractivity contribution in [2.24, 2.45) is 4.99 Å². The summed E-state index contributed by atoms with van der Waals surface area (Å²) in [4.78, 5) is 3.41. The highest BCUT2D eigenvalue weighted by Gasteiger charge is 2.61. The predicted molar refractivity (Wildman–Crippen MR) is 66.7 cm³/mol. The number of nitrogens with zero attached hydrogens (tertiary/aromatic N) is 1. The van der Waals surface area contributed by atoms with Gasteiger partial charge in [0.05, 0.1) is 0 Å². The quantitative estimate of drug-likeness (QED) is 0.722. The summed E-state index contributed by atoms with van der Waals surface area (Å²) in [5.41, 5.74) is -0.276. The maximum atomic E-state index is 12.8. The van der Waals surface area contributed by atoms with Crippen LogP contribution in [0.2, 0.25) is 0 Å². The monoisotopic (exact) mass is 257 g/mol. The summed E-state index contributed by atoms with van der Waals surface area (Å²) in [5.74, 6) is 0. The Morgan fingerprint density at radius 3 is 2.35 bits per heavy atom. The van der Waals surface area contributed by atoms with Crippen LogP contribution in [0.3, 0.4) is 0 Å². The molecule has 2 atom stereocenters. The molecule has 0 bridgehead atoms. The lowest BCUT2D eigenvalue weighted by molar-refractivity contribution is -0.156. The predicted octanol–water partition coefficient (Wildman–Crippen LogP) is 3.06. The molecule has 1 aromatic carbocycles. The second-order valence-corrected chi connectivity index (χ2v) is 4.73. The molecule has 1 aliphatic rings. The summed E-state index contributed by atoms with van der Waals surface area (Å²) in [7, 11) is 2.43. The molecule has 0 aliphatic carbocycles. The van der Waals surface area contributed by atoms with E-state index in [2.05, 4.69) is 20.8 Å². The standard InChI is InChI=1S/C12H11F3NP/c1-7(2)9-4-3-8(5-10(9)17)11(6-16-11)12(13,14)15/h3-6H,1,17H2,2H3. The molecule has 0 saturated heterocycles. The second-order valence-electron chi connectivity index (χ2n) is 4.10. The van der Waals surface area contributed by atoms with Gasteiger partial charge < -0.3 is 0 Å². The van der Waals surface area contributed by atoms with Gasteiger partial charge in [-0.15, -0.1) is 9.24 Å². The van der Waals surface area contributed by atoms with Crippen LogP contribution in [0.25, 0.3) is 5.57 Å². The van der Waals surface area contributed by atoms with Crippen LogP contribution in [0.15, 0.2) is 29.8 Å². The number of benzene rings is 1. The Morgan fingerprint density at radius 2 is 2.00 bits per heavy atom. The molecule has 1 heterocycles. The van der Waals surface area contributed by atoms with Crippen molar-refractivity contribution in [3.8, 4) is 0 Å². The molecule has 0 aromatic heterocycles. The number of rotatable bonds is 2. The van der Waals surface area contributed by atoms with Crippen LogP contribution in [-0.4, -0.2) is 12.4 Å². The van der Waals surface area contributed by atoms with Gasteiger partial charge in [-0.2, -0.15) is 13.2 Å². The first-order valence-corrected chi connectivity index (χ1v) is 5.55. The molecule has 1 aromatic rings. The van der Waals surface area contributed by atoms with E-state index in [1.54, 1.807) is 6.07 Å². The van der Waals surface area contributed by atoms with Gasteiger partial charge in [0, 0.05) is 6.21 Å². The fraction of sp³-hybridized carbons (Fsp3) is 0.250. The normalized spacial score (nSPS) is 22.6. The molecule has 2 unspecified atom stereocenters. The molecule has 5 heteroatoms. The first-order chi connectivity index (χ1) is 7.78. The Labute approximate surface area is 99.6 Å². The Bertz CT molecular complexity index is 511. The van der Waals surface area contributed by atoms with Crippen LogP contribution in [-0.2, 0) is 5.54 Å². The number of hydrogen-bond acceptors (Lipinski definition) is 1. The summed E-state index contributed by atoms with van der Waals surface area (Å²) in [6.45, 7) is 5.59. The maximum absolute atomic E-state index is 12.8. The summed E-state index contributed by atoms with van der Waals surface area (Å²) < 4.78 is 38.5. The first kappa shape index (κ1) is 12.3. The lowest BCUT2D eigenvalue weighted by atomic mass is 9.95. The average molecular weight is 257 g/mol. The lowest BCUT2D eigenvalue weighted by Crippen LogP contribution is -2.32. The zero-order chi connectivity index (χ0) is 12.8. The first-order valence-electron chi connectivity index (χ1n) is 4.97. The fourth-order valence-corrected chi connectivity index (χ4v) is 2.23. The Balaban J connectivity index is 2.43. The Kier molecular flexibility index (Phi) is 2.66. The van der Waals surface area contributed by atoms with Crippen LogP contribution in [0.1, 0.15) is 18.1 Å². The topological polar surface area (TPSA) is 12.4 Å². The van der Waals surface area contributed by atoms with E-state index in [1.807, 2.05) is 6.92 Å². The fourth-order valence-electron chi connectivity index (χ4n) is 1.71. The summed E-state index contributed by atoms with van der Waals surface area (Å²) in [6, 6.07) is 4.60. The summed E-state index contributed by atoms with van der Waals surface area (Å²) >= 11 is 0. The second kappa shape index (κ2) is 3.67. The highest BCUT2D eigenvalue weighted by molar-refractivity contribution is 7.27. The molecule has 0 radical (unpaired) electrons. The Hall–Kier alpha value is -1.15. The molecular weight excluding hydrogens is 246 g/mol. The summed E-state index contributed by atoms with van der Waals surface area (Å²) in [5, 5.41) is 0.703. The van der Waals surface area contributed by atoms with E-state index in [4.69, 9.17) is 0 Å². The van der Waals surface area contributed by atoms with E-state index < -0.39 is 11.7 Å². The van der Waals surface area contributed by atoms with E-state index >= 15 is 0 Å². The Morgan fingerprint density at radius 1 is 1.41 bits per heavy atom. The lowest BCUT2D eigenvalue weighted by Gasteiger charge is -2.19. The molecule has 0 spiro atoms. The van der Waals surface area contributed by atoms with Gasteiger partial charge >= 0.3 is 6.18 Å². The highest BCUT2D eigenvalue weighted by Crippen LogP contribution is 2.47. The maximum Gasteiger partial charge on any atom is 0.422 e. The van der Waals surface area contributed by atoms with Crippen molar-refractivity contribution in [3.05, 3.63) is 35.9 Å². The van der Waals surface area contributed by atoms with Gasteiger partial charge in [0.15, 0.2) is 0 Å². The molecular formula is C12H11F3NP. The van der Waals surface area contributed by atoms with Crippen LogP contribution in [0, 0.1) is 0 Å². The highest BCUT2D eigenvalue weighted by atomic mass is 31.0. The molecule has 0 fully saturated rings. The van der Waals surface area contributed by atoms with Gasteiger partial charge in [0.1, 0.15) is 0 Å². The van der Waals surface area contributed by atoms with Crippen LogP contribution < -0.4 is 5.30 Å². The van der Waals surface area contributed by atoms with Crippen LogP contribution in [0.4, 0.5) is 13.2 Å². The van der Waals surface area contributed by atoms with Gasteiger partial charge in [-0.25, -0.2) is 0 Å². The SMILES string of the molecule is C=C(C)c1ccc(C2(C(F)(F)F)C=N2)cc1P. The summed E-state index contributed by atoms with van der Waals surface area (Å²) in [6.07, 6.45) is -3.43. The van der Waals surface area contributed by atoms with Crippen molar-refractivity contribution in [2.45, 2.75) is 18.6 Å². The van der Waals surface area contributed by atoms with Crippen molar-refractivity contribution in [1.82, 2.24) is 0 Å². The van der Waals surface area contributed by atoms with Crippen molar-refractivity contribution >= 4 is 26.3 Å². The van der Waals surface area contributed by atoms with Gasteiger partial charge in [-0.3, -0.25) is 4.99 Å². The molecule has 0 saturated carbocycles. The molecule has 0 amide bonds. The zero-order valence-electron chi connectivity index (χ0n) is 9.17. The molecule has 90 valence electrons. The molecule has 0 N–H and O–H groups in total. The van der Waals surface area contributed by atoms with E-state index in [1.165, 1.54) is 12.1 Å². The van der Waals surface area contributed by atoms with Gasteiger partial charge in [-0.05, 0) is 29.4 Å². The number of aliphatic imine (C=N–C) groups is 1. The van der Waals surface area contributed by atoms with E-state index in [0.717, 1.165) is 17.4 Å². The zero-order valence-corrected chi connectivity index (χ0v) is 10.3.